The van der Waals surface area contributed by atoms with Crippen molar-refractivity contribution in [1.82, 2.24) is 9.97 Å². The van der Waals surface area contributed by atoms with Crippen LogP contribution < -0.4 is 10.2 Å². The molecular formula is C22H22FN5O2. The third-order valence-electron chi connectivity index (χ3n) is 5.21. The Morgan fingerprint density at radius 2 is 1.87 bits per heavy atom. The van der Waals surface area contributed by atoms with E-state index in [1.54, 1.807) is 24.3 Å². The maximum absolute atomic E-state index is 13.9. The van der Waals surface area contributed by atoms with Crippen molar-refractivity contribution in [3.05, 3.63) is 76.2 Å². The van der Waals surface area contributed by atoms with Gasteiger partial charge in [-0.2, -0.15) is 0 Å². The third-order valence-corrected chi connectivity index (χ3v) is 5.21. The number of benzene rings is 2. The Labute approximate surface area is 173 Å². The van der Waals surface area contributed by atoms with Gasteiger partial charge in [-0.15, -0.1) is 0 Å². The first-order valence-electron chi connectivity index (χ1n) is 9.86. The van der Waals surface area contributed by atoms with Crippen LogP contribution in [0.1, 0.15) is 18.5 Å². The van der Waals surface area contributed by atoms with Crippen molar-refractivity contribution in [2.24, 2.45) is 0 Å². The molecule has 0 radical (unpaired) electrons. The molecule has 0 atom stereocenters. The Balaban J connectivity index is 1.48. The minimum atomic E-state index is -0.423. The van der Waals surface area contributed by atoms with Crippen LogP contribution in [0.3, 0.4) is 0 Å². The predicted octanol–water partition coefficient (Wildman–Crippen LogP) is 4.58. The monoisotopic (exact) mass is 407 g/mol. The van der Waals surface area contributed by atoms with Gasteiger partial charge < -0.3 is 10.2 Å². The van der Waals surface area contributed by atoms with Crippen molar-refractivity contribution in [2.75, 3.05) is 23.3 Å². The molecule has 1 aromatic heterocycles. The second-order valence-electron chi connectivity index (χ2n) is 7.38. The average Bonchev–Trinajstić information content (AvgIpc) is 2.75. The number of nitro benzene ring substituents is 1. The van der Waals surface area contributed by atoms with Gasteiger partial charge in [0.05, 0.1) is 10.6 Å². The Bertz CT molecular complexity index is 1070. The molecule has 3 aromatic rings. The molecule has 1 saturated heterocycles. The summed E-state index contributed by atoms with van der Waals surface area (Å²) in [4.78, 5) is 22.0. The van der Waals surface area contributed by atoms with Crippen LogP contribution >= 0.6 is 0 Å². The Hall–Kier alpha value is -3.55. The van der Waals surface area contributed by atoms with E-state index < -0.39 is 4.92 Å². The number of hydrogen-bond donors (Lipinski definition) is 1. The van der Waals surface area contributed by atoms with E-state index in [0.717, 1.165) is 37.4 Å². The summed E-state index contributed by atoms with van der Waals surface area (Å²) < 4.78 is 13.9. The number of nitrogens with one attached hydrogen (secondary N) is 1. The molecule has 0 amide bonds. The summed E-state index contributed by atoms with van der Waals surface area (Å²) in [6, 6.07) is 15.2. The van der Waals surface area contributed by atoms with Gasteiger partial charge in [0.15, 0.2) is 5.82 Å². The van der Waals surface area contributed by atoms with Crippen LogP contribution in [0.25, 0.3) is 11.4 Å². The van der Waals surface area contributed by atoms with E-state index in [9.17, 15) is 14.5 Å². The van der Waals surface area contributed by atoms with Crippen molar-refractivity contribution in [3.8, 4) is 11.4 Å². The molecule has 1 fully saturated rings. The summed E-state index contributed by atoms with van der Waals surface area (Å²) >= 11 is 0. The zero-order valence-corrected chi connectivity index (χ0v) is 16.6. The van der Waals surface area contributed by atoms with Gasteiger partial charge in [0.2, 0.25) is 0 Å². The van der Waals surface area contributed by atoms with Gasteiger partial charge in [0, 0.05) is 48.6 Å². The molecule has 1 aliphatic heterocycles. The van der Waals surface area contributed by atoms with Gasteiger partial charge in [-0.1, -0.05) is 24.3 Å². The second-order valence-corrected chi connectivity index (χ2v) is 7.38. The smallest absolute Gasteiger partial charge is 0.270 e. The lowest BCUT2D eigenvalue weighted by Crippen LogP contribution is -2.39. The van der Waals surface area contributed by atoms with Gasteiger partial charge in [0.1, 0.15) is 11.6 Å². The number of halogens is 1. The van der Waals surface area contributed by atoms with Crippen LogP contribution in [-0.2, 0) is 0 Å². The zero-order valence-electron chi connectivity index (χ0n) is 16.6. The van der Waals surface area contributed by atoms with Gasteiger partial charge in [-0.25, -0.2) is 14.4 Å². The number of anilines is 2. The number of aromatic nitrogens is 2. The maximum Gasteiger partial charge on any atom is 0.270 e. The minimum absolute atomic E-state index is 0.0131. The van der Waals surface area contributed by atoms with Gasteiger partial charge >= 0.3 is 0 Å². The fourth-order valence-corrected chi connectivity index (χ4v) is 3.65. The second kappa shape index (κ2) is 8.44. The molecule has 0 saturated carbocycles. The average molecular weight is 407 g/mol. The fourth-order valence-electron chi connectivity index (χ4n) is 3.65. The van der Waals surface area contributed by atoms with Crippen LogP contribution in [-0.4, -0.2) is 34.0 Å². The zero-order chi connectivity index (χ0) is 21.1. The molecule has 0 aliphatic carbocycles. The molecule has 7 nitrogen and oxygen atoms in total. The van der Waals surface area contributed by atoms with E-state index in [4.69, 9.17) is 0 Å². The summed E-state index contributed by atoms with van der Waals surface area (Å²) in [6.07, 6.45) is 1.70. The molecule has 30 heavy (non-hydrogen) atoms. The predicted molar refractivity (Wildman–Crippen MR) is 114 cm³/mol. The summed E-state index contributed by atoms with van der Waals surface area (Å²) in [7, 11) is 0. The Morgan fingerprint density at radius 3 is 2.60 bits per heavy atom. The van der Waals surface area contributed by atoms with E-state index in [1.807, 2.05) is 19.1 Å². The van der Waals surface area contributed by atoms with Crippen LogP contribution in [0.15, 0.2) is 54.6 Å². The first-order valence-corrected chi connectivity index (χ1v) is 9.86. The molecule has 0 bridgehead atoms. The maximum atomic E-state index is 13.9. The first-order chi connectivity index (χ1) is 14.5. The molecule has 2 heterocycles. The molecule has 8 heteroatoms. The van der Waals surface area contributed by atoms with Crippen LogP contribution in [0.4, 0.5) is 21.6 Å². The number of hydrogen-bond acceptors (Lipinski definition) is 6. The summed E-state index contributed by atoms with van der Waals surface area (Å²) in [5, 5.41) is 14.4. The van der Waals surface area contributed by atoms with Crippen molar-refractivity contribution in [1.29, 1.82) is 0 Å². The van der Waals surface area contributed by atoms with E-state index in [2.05, 4.69) is 20.2 Å². The third kappa shape index (κ3) is 4.37. The fraction of sp³-hybridized carbons (Fsp3) is 0.273. The summed E-state index contributed by atoms with van der Waals surface area (Å²) in [6.45, 7) is 3.44. The number of para-hydroxylation sites is 1. The van der Waals surface area contributed by atoms with Crippen molar-refractivity contribution < 1.29 is 9.31 Å². The number of non-ortho nitro benzene ring substituents is 1. The number of piperidine rings is 1. The van der Waals surface area contributed by atoms with Crippen molar-refractivity contribution in [2.45, 2.75) is 25.8 Å². The van der Waals surface area contributed by atoms with Crippen LogP contribution in [0, 0.1) is 22.9 Å². The van der Waals surface area contributed by atoms with Crippen LogP contribution in [0.5, 0.6) is 0 Å². The highest BCUT2D eigenvalue weighted by molar-refractivity contribution is 5.61. The van der Waals surface area contributed by atoms with E-state index in [1.165, 1.54) is 18.2 Å². The first kappa shape index (κ1) is 19.8. The lowest BCUT2D eigenvalue weighted by molar-refractivity contribution is -0.384. The number of aryl methyl sites for hydroxylation is 1. The van der Waals surface area contributed by atoms with E-state index in [-0.39, 0.29) is 17.5 Å². The summed E-state index contributed by atoms with van der Waals surface area (Å²) in [5.41, 5.74) is 1.96. The molecule has 2 aromatic carbocycles. The number of nitrogens with zero attached hydrogens (tertiary/aromatic N) is 4. The van der Waals surface area contributed by atoms with Crippen molar-refractivity contribution in [3.63, 3.8) is 0 Å². The van der Waals surface area contributed by atoms with Gasteiger partial charge in [-0.3, -0.25) is 10.1 Å². The largest absolute Gasteiger partial charge is 0.380 e. The molecule has 1 aliphatic rings. The Kier molecular flexibility index (Phi) is 5.56. The highest BCUT2D eigenvalue weighted by atomic mass is 19.1. The molecule has 4 rings (SSSR count). The lowest BCUT2D eigenvalue weighted by atomic mass is 10.0. The van der Waals surface area contributed by atoms with Crippen molar-refractivity contribution >= 4 is 17.2 Å². The summed E-state index contributed by atoms with van der Waals surface area (Å²) in [5.74, 6) is 1.03. The normalized spacial score (nSPS) is 14.5. The molecule has 154 valence electrons. The molecule has 0 unspecified atom stereocenters. The topological polar surface area (TPSA) is 84.2 Å². The van der Waals surface area contributed by atoms with Gasteiger partial charge in [0.25, 0.3) is 5.69 Å². The van der Waals surface area contributed by atoms with E-state index >= 15 is 0 Å². The molecule has 0 spiro atoms. The Morgan fingerprint density at radius 1 is 1.10 bits per heavy atom. The lowest BCUT2D eigenvalue weighted by Gasteiger charge is -2.34. The molecular weight excluding hydrogens is 385 g/mol. The standard InChI is InChI=1S/C22H22FN5O2/c1-15-13-21(26-22(24-15)16-5-4-6-18(14-16)28(29)30)27-11-9-17(10-12-27)25-20-8-3-2-7-19(20)23/h2-8,13-14,17,25H,9-12H2,1H3. The number of rotatable bonds is 5. The SMILES string of the molecule is Cc1cc(N2CCC(Nc3ccccc3F)CC2)nc(-c2cccc([N+](=O)[O-])c2)n1. The minimum Gasteiger partial charge on any atom is -0.380 e. The number of nitro groups is 1. The highest BCUT2D eigenvalue weighted by Gasteiger charge is 2.22. The van der Waals surface area contributed by atoms with Gasteiger partial charge in [-0.05, 0) is 31.9 Å². The van der Waals surface area contributed by atoms with Crippen LogP contribution in [0.2, 0.25) is 0 Å². The highest BCUT2D eigenvalue weighted by Crippen LogP contribution is 2.26. The quantitative estimate of drug-likeness (QED) is 0.492. The van der Waals surface area contributed by atoms with E-state index in [0.29, 0.717) is 17.1 Å². The molecule has 1 N–H and O–H groups in total.